The Bertz CT molecular complexity index is 113. The second-order valence-corrected chi connectivity index (χ2v) is 3.32. The molecule has 12 heavy (non-hydrogen) atoms. The third kappa shape index (κ3) is 3.09. The maximum Gasteiger partial charge on any atom is 0.0931 e. The molecule has 1 atom stereocenters. The first kappa shape index (κ1) is 9.96. The standard InChI is InChI=1S/C9H19NO2/c1-11-8-9(12-2)7-10-5-3-4-6-10/h9H,3-8H2,1-2H3. The molecule has 1 heterocycles. The zero-order valence-corrected chi connectivity index (χ0v) is 8.08. The van der Waals surface area contributed by atoms with E-state index in [0.29, 0.717) is 6.61 Å². The highest BCUT2D eigenvalue weighted by atomic mass is 16.5. The average molecular weight is 173 g/mol. The summed E-state index contributed by atoms with van der Waals surface area (Å²) in [4.78, 5) is 2.44. The van der Waals surface area contributed by atoms with E-state index >= 15 is 0 Å². The second-order valence-electron chi connectivity index (χ2n) is 3.32. The lowest BCUT2D eigenvalue weighted by molar-refractivity contribution is 0.0101. The maximum atomic E-state index is 5.29. The van der Waals surface area contributed by atoms with Crippen molar-refractivity contribution in [2.24, 2.45) is 0 Å². The fraction of sp³-hybridized carbons (Fsp3) is 1.00. The van der Waals surface area contributed by atoms with E-state index in [1.54, 1.807) is 14.2 Å². The minimum atomic E-state index is 0.244. The van der Waals surface area contributed by atoms with Crippen LogP contribution in [0.25, 0.3) is 0 Å². The van der Waals surface area contributed by atoms with Crippen LogP contribution in [0.5, 0.6) is 0 Å². The Kier molecular flexibility index (Phi) is 4.58. The molecule has 0 N–H and O–H groups in total. The first-order chi connectivity index (χ1) is 5.86. The molecule has 1 saturated heterocycles. The predicted octanol–water partition coefficient (Wildman–Crippen LogP) is 0.744. The van der Waals surface area contributed by atoms with Gasteiger partial charge in [-0.25, -0.2) is 0 Å². The molecular weight excluding hydrogens is 154 g/mol. The topological polar surface area (TPSA) is 21.7 Å². The average Bonchev–Trinajstić information content (AvgIpc) is 2.56. The van der Waals surface area contributed by atoms with E-state index in [1.165, 1.54) is 25.9 Å². The number of methoxy groups -OCH3 is 2. The molecule has 1 fully saturated rings. The first-order valence-electron chi connectivity index (χ1n) is 4.61. The smallest absolute Gasteiger partial charge is 0.0931 e. The summed E-state index contributed by atoms with van der Waals surface area (Å²) in [5.41, 5.74) is 0. The van der Waals surface area contributed by atoms with Gasteiger partial charge in [-0.15, -0.1) is 0 Å². The second kappa shape index (κ2) is 5.51. The molecule has 0 spiro atoms. The van der Waals surface area contributed by atoms with Crippen LogP contribution in [0.4, 0.5) is 0 Å². The third-order valence-corrected chi connectivity index (χ3v) is 2.35. The highest BCUT2D eigenvalue weighted by molar-refractivity contribution is 4.70. The zero-order valence-electron chi connectivity index (χ0n) is 8.08. The van der Waals surface area contributed by atoms with Crippen molar-refractivity contribution in [3.63, 3.8) is 0 Å². The Morgan fingerprint density at radius 3 is 2.42 bits per heavy atom. The Labute approximate surface area is 74.6 Å². The number of likely N-dealkylation sites (tertiary alicyclic amines) is 1. The van der Waals surface area contributed by atoms with Crippen LogP contribution in [0.15, 0.2) is 0 Å². The van der Waals surface area contributed by atoms with Crippen LogP contribution in [0.1, 0.15) is 12.8 Å². The van der Waals surface area contributed by atoms with Gasteiger partial charge in [-0.1, -0.05) is 0 Å². The van der Waals surface area contributed by atoms with Crippen molar-refractivity contribution < 1.29 is 9.47 Å². The van der Waals surface area contributed by atoms with E-state index in [0.717, 1.165) is 6.54 Å². The van der Waals surface area contributed by atoms with Crippen molar-refractivity contribution in [2.75, 3.05) is 40.5 Å². The fourth-order valence-electron chi connectivity index (χ4n) is 1.63. The molecule has 0 amide bonds. The summed E-state index contributed by atoms with van der Waals surface area (Å²) in [5, 5.41) is 0. The van der Waals surface area contributed by atoms with Gasteiger partial charge in [-0.05, 0) is 25.9 Å². The molecule has 0 aromatic carbocycles. The van der Waals surface area contributed by atoms with Gasteiger partial charge in [0, 0.05) is 20.8 Å². The van der Waals surface area contributed by atoms with Gasteiger partial charge in [0.25, 0.3) is 0 Å². The summed E-state index contributed by atoms with van der Waals surface area (Å²) in [6, 6.07) is 0. The van der Waals surface area contributed by atoms with Gasteiger partial charge in [0.2, 0.25) is 0 Å². The Morgan fingerprint density at radius 1 is 1.25 bits per heavy atom. The van der Waals surface area contributed by atoms with Crippen molar-refractivity contribution in [2.45, 2.75) is 18.9 Å². The molecule has 72 valence electrons. The van der Waals surface area contributed by atoms with E-state index in [1.807, 2.05) is 0 Å². The molecule has 3 heteroatoms. The van der Waals surface area contributed by atoms with Crippen molar-refractivity contribution in [3.8, 4) is 0 Å². The first-order valence-corrected chi connectivity index (χ1v) is 4.61. The van der Waals surface area contributed by atoms with Gasteiger partial charge >= 0.3 is 0 Å². The largest absolute Gasteiger partial charge is 0.382 e. The summed E-state index contributed by atoms with van der Waals surface area (Å²) in [7, 11) is 3.47. The molecule has 0 radical (unpaired) electrons. The van der Waals surface area contributed by atoms with Crippen LogP contribution in [0.2, 0.25) is 0 Å². The van der Waals surface area contributed by atoms with Gasteiger partial charge in [-0.3, -0.25) is 0 Å². The Morgan fingerprint density at radius 2 is 1.92 bits per heavy atom. The Hall–Kier alpha value is -0.120. The van der Waals surface area contributed by atoms with Crippen LogP contribution in [-0.4, -0.2) is 51.5 Å². The minimum Gasteiger partial charge on any atom is -0.382 e. The zero-order chi connectivity index (χ0) is 8.81. The summed E-state index contributed by atoms with van der Waals surface area (Å²) in [6.45, 7) is 4.17. The summed E-state index contributed by atoms with van der Waals surface area (Å²) >= 11 is 0. The van der Waals surface area contributed by atoms with Crippen LogP contribution in [-0.2, 0) is 9.47 Å². The van der Waals surface area contributed by atoms with Gasteiger partial charge in [0.15, 0.2) is 0 Å². The van der Waals surface area contributed by atoms with Gasteiger partial charge in [-0.2, -0.15) is 0 Å². The number of nitrogens with zero attached hydrogens (tertiary/aromatic N) is 1. The molecule has 0 aromatic heterocycles. The van der Waals surface area contributed by atoms with Crippen LogP contribution < -0.4 is 0 Å². The fourth-order valence-corrected chi connectivity index (χ4v) is 1.63. The van der Waals surface area contributed by atoms with Crippen molar-refractivity contribution in [3.05, 3.63) is 0 Å². The molecular formula is C9H19NO2. The molecule has 1 aliphatic rings. The van der Waals surface area contributed by atoms with Crippen molar-refractivity contribution in [1.29, 1.82) is 0 Å². The van der Waals surface area contributed by atoms with Crippen LogP contribution in [0, 0.1) is 0 Å². The molecule has 0 aliphatic carbocycles. The van der Waals surface area contributed by atoms with Crippen LogP contribution >= 0.6 is 0 Å². The summed E-state index contributed by atoms with van der Waals surface area (Å²) in [5.74, 6) is 0. The lowest BCUT2D eigenvalue weighted by atomic mass is 10.3. The lowest BCUT2D eigenvalue weighted by Crippen LogP contribution is -2.34. The molecule has 1 unspecified atom stereocenters. The quantitative estimate of drug-likeness (QED) is 0.612. The number of hydrogen-bond donors (Lipinski definition) is 0. The monoisotopic (exact) mass is 173 g/mol. The molecule has 0 bridgehead atoms. The molecule has 0 aromatic rings. The van der Waals surface area contributed by atoms with Crippen molar-refractivity contribution >= 4 is 0 Å². The lowest BCUT2D eigenvalue weighted by Gasteiger charge is -2.21. The van der Waals surface area contributed by atoms with Gasteiger partial charge in [0.1, 0.15) is 0 Å². The van der Waals surface area contributed by atoms with E-state index in [2.05, 4.69) is 4.90 Å². The Balaban J connectivity index is 2.16. The predicted molar refractivity (Wildman–Crippen MR) is 48.3 cm³/mol. The highest BCUT2D eigenvalue weighted by Crippen LogP contribution is 2.08. The SMILES string of the molecule is COCC(CN1CCCC1)OC. The van der Waals surface area contributed by atoms with Crippen LogP contribution in [0.3, 0.4) is 0 Å². The number of rotatable bonds is 5. The minimum absolute atomic E-state index is 0.244. The normalized spacial score (nSPS) is 21.5. The molecule has 0 saturated carbocycles. The number of ether oxygens (including phenoxy) is 2. The van der Waals surface area contributed by atoms with E-state index in [4.69, 9.17) is 9.47 Å². The third-order valence-electron chi connectivity index (χ3n) is 2.35. The summed E-state index contributed by atoms with van der Waals surface area (Å²) in [6.07, 6.45) is 2.92. The van der Waals surface area contributed by atoms with Gasteiger partial charge in [0.05, 0.1) is 12.7 Å². The molecule has 1 rings (SSSR count). The van der Waals surface area contributed by atoms with E-state index in [9.17, 15) is 0 Å². The van der Waals surface area contributed by atoms with E-state index in [-0.39, 0.29) is 6.10 Å². The van der Waals surface area contributed by atoms with E-state index < -0.39 is 0 Å². The van der Waals surface area contributed by atoms with Gasteiger partial charge < -0.3 is 14.4 Å². The molecule has 3 nitrogen and oxygen atoms in total. The van der Waals surface area contributed by atoms with Crippen molar-refractivity contribution in [1.82, 2.24) is 4.90 Å². The number of hydrogen-bond acceptors (Lipinski definition) is 3. The highest BCUT2D eigenvalue weighted by Gasteiger charge is 2.16. The molecule has 1 aliphatic heterocycles. The maximum absolute atomic E-state index is 5.29. The summed E-state index contributed by atoms with van der Waals surface area (Å²) < 4.78 is 10.3.